The zero-order valence-electron chi connectivity index (χ0n) is 20.3. The van der Waals surface area contributed by atoms with E-state index in [1.54, 1.807) is 9.78 Å². The van der Waals surface area contributed by atoms with Gasteiger partial charge in [0, 0.05) is 0 Å². The van der Waals surface area contributed by atoms with Crippen molar-refractivity contribution >= 4 is 27.7 Å². The Morgan fingerprint density at radius 1 is 0.818 bits per heavy atom. The molecule has 0 spiro atoms. The van der Waals surface area contributed by atoms with E-state index in [4.69, 9.17) is 14.4 Å². The van der Waals surface area contributed by atoms with Crippen molar-refractivity contribution < 1.29 is 4.42 Å². The number of fused-ring (bicyclic) bond motifs is 1. The predicted octanol–water partition coefficient (Wildman–Crippen LogP) is 7.11. The number of aromatic nitrogens is 4. The number of hydrogen-bond acceptors (Lipinski definition) is 4. The van der Waals surface area contributed by atoms with E-state index in [0.717, 1.165) is 28.4 Å². The molecule has 3 aromatic heterocycles. The Morgan fingerprint density at radius 3 is 2.03 bits per heavy atom. The van der Waals surface area contributed by atoms with Crippen molar-refractivity contribution in [2.45, 2.75) is 72.6 Å². The van der Waals surface area contributed by atoms with Gasteiger partial charge in [-0.2, -0.15) is 0 Å². The van der Waals surface area contributed by atoms with Gasteiger partial charge in [0.05, 0.1) is 0 Å². The van der Waals surface area contributed by atoms with Gasteiger partial charge in [0.2, 0.25) is 0 Å². The molecule has 0 N–H and O–H groups in total. The van der Waals surface area contributed by atoms with Crippen molar-refractivity contribution in [3.8, 4) is 22.6 Å². The summed E-state index contributed by atoms with van der Waals surface area (Å²) in [6.45, 7) is 6.98. The van der Waals surface area contributed by atoms with Crippen molar-refractivity contribution in [2.75, 3.05) is 0 Å². The Bertz CT molecular complexity index is 1110. The van der Waals surface area contributed by atoms with Gasteiger partial charge >= 0.3 is 202 Å². The van der Waals surface area contributed by atoms with Crippen LogP contribution < -0.4 is 3.58 Å². The van der Waals surface area contributed by atoms with Crippen molar-refractivity contribution in [3.63, 3.8) is 0 Å². The molecule has 0 saturated heterocycles. The Morgan fingerprint density at radius 2 is 1.45 bits per heavy atom. The van der Waals surface area contributed by atoms with Gasteiger partial charge in [-0.3, -0.25) is 0 Å². The van der Waals surface area contributed by atoms with E-state index in [2.05, 4.69) is 73.0 Å². The molecule has 4 aromatic rings. The monoisotopic (exact) mass is 552 g/mol. The molecule has 0 fully saturated rings. The second-order valence-corrected chi connectivity index (χ2v) is 22.4. The molecule has 0 amide bonds. The van der Waals surface area contributed by atoms with Crippen LogP contribution in [0.1, 0.15) is 59.3 Å². The zero-order valence-corrected chi connectivity index (χ0v) is 23.1. The average molecular weight is 551 g/mol. The molecular weight excluding hydrogens is 515 g/mol. The molecule has 0 atom stereocenters. The van der Waals surface area contributed by atoms with E-state index in [1.807, 2.05) is 0 Å². The van der Waals surface area contributed by atoms with Gasteiger partial charge in [-0.1, -0.05) is 0 Å². The van der Waals surface area contributed by atoms with E-state index in [1.165, 1.54) is 58.2 Å². The van der Waals surface area contributed by atoms with Crippen LogP contribution in [0.15, 0.2) is 59.9 Å². The second-order valence-electron chi connectivity index (χ2n) is 9.21. The Kier molecular flexibility index (Phi) is 8.23. The molecule has 1 aromatic carbocycles. The number of rotatable bonds is 12. The van der Waals surface area contributed by atoms with Gasteiger partial charge in [0.25, 0.3) is 0 Å². The first-order valence-electron chi connectivity index (χ1n) is 12.5. The molecule has 0 aliphatic carbocycles. The molecule has 0 saturated carbocycles. The van der Waals surface area contributed by atoms with Gasteiger partial charge in [0.15, 0.2) is 0 Å². The summed E-state index contributed by atoms with van der Waals surface area (Å²) >= 11 is -2.51. The third kappa shape index (κ3) is 5.50. The van der Waals surface area contributed by atoms with Crippen LogP contribution in [0.2, 0.25) is 13.3 Å². The molecule has 4 rings (SSSR count). The van der Waals surface area contributed by atoms with E-state index in [0.29, 0.717) is 0 Å². The van der Waals surface area contributed by atoms with Crippen molar-refractivity contribution in [3.05, 3.63) is 55.4 Å². The summed E-state index contributed by atoms with van der Waals surface area (Å²) in [6, 6.07) is 8.29. The molecule has 5 nitrogen and oxygen atoms in total. The summed E-state index contributed by atoms with van der Waals surface area (Å²) in [5.41, 5.74) is 3.06. The minimum atomic E-state index is -2.51. The third-order valence-corrected chi connectivity index (χ3v) is 22.3. The van der Waals surface area contributed by atoms with E-state index < -0.39 is 18.4 Å². The number of oxazole rings is 1. The molecule has 174 valence electrons. The van der Waals surface area contributed by atoms with E-state index >= 15 is 0 Å². The molecule has 0 aliphatic rings. The molecule has 0 radical (unpaired) electrons. The van der Waals surface area contributed by atoms with Crippen LogP contribution in [0.4, 0.5) is 0 Å². The molecule has 6 heteroatoms. The maximum absolute atomic E-state index is 5.41. The molecule has 3 heterocycles. The molecular formula is C27H36N4OSn. The topological polar surface area (TPSA) is 56.2 Å². The van der Waals surface area contributed by atoms with E-state index in [-0.39, 0.29) is 0 Å². The molecule has 0 unspecified atom stereocenters. The fourth-order valence-electron chi connectivity index (χ4n) is 4.81. The summed E-state index contributed by atoms with van der Waals surface area (Å²) in [6.07, 6.45) is 17.8. The predicted molar refractivity (Wildman–Crippen MR) is 138 cm³/mol. The van der Waals surface area contributed by atoms with Crippen LogP contribution in [0.5, 0.6) is 0 Å². The van der Waals surface area contributed by atoms with Gasteiger partial charge in [-0.25, -0.2) is 0 Å². The Labute approximate surface area is 201 Å². The molecule has 0 aliphatic heterocycles. The quantitative estimate of drug-likeness (QED) is 0.176. The summed E-state index contributed by atoms with van der Waals surface area (Å²) in [7, 11) is 0. The first-order valence-corrected chi connectivity index (χ1v) is 20.0. The normalized spacial score (nSPS) is 12.0. The summed E-state index contributed by atoms with van der Waals surface area (Å²) in [5.74, 6) is 1.56. The van der Waals surface area contributed by atoms with Gasteiger partial charge < -0.3 is 0 Å². The standard InChI is InChI=1S/C15H9N4O.3C4H9.Sn/c1-6-17-15-18-13(9-19(15)7-1)11-2-4-12(5-3-11)14-8-16-10-20-14;3*1-3-4-2;/h2-10H;3*1,3-4H2,2H3;. The summed E-state index contributed by atoms with van der Waals surface area (Å²) in [4.78, 5) is 13.7. The van der Waals surface area contributed by atoms with Crippen LogP contribution in [-0.2, 0) is 0 Å². The number of unbranched alkanes of at least 4 members (excludes halogenated alkanes) is 3. The van der Waals surface area contributed by atoms with Crippen molar-refractivity contribution in [1.29, 1.82) is 0 Å². The van der Waals surface area contributed by atoms with Gasteiger partial charge in [0.1, 0.15) is 0 Å². The summed E-state index contributed by atoms with van der Waals surface area (Å²) < 4.78 is 13.5. The van der Waals surface area contributed by atoms with E-state index in [9.17, 15) is 0 Å². The SMILES string of the molecule is CCC[CH2][Sn]([CH2]CCC)([CH2]CCC)[c]1cnc2nc(-c3ccc(-c4cnco4)cc3)cn2c1. The van der Waals surface area contributed by atoms with Crippen molar-refractivity contribution in [2.24, 2.45) is 0 Å². The fourth-order valence-corrected chi connectivity index (χ4v) is 20.4. The zero-order chi connectivity index (χ0) is 23.1. The number of benzene rings is 1. The Hall–Kier alpha value is -2.15. The van der Waals surface area contributed by atoms with Crippen molar-refractivity contribution in [1.82, 2.24) is 19.4 Å². The second kappa shape index (κ2) is 11.3. The molecule has 33 heavy (non-hydrogen) atoms. The fraction of sp³-hybridized carbons (Fsp3) is 0.444. The van der Waals surface area contributed by atoms with Crippen LogP contribution in [-0.4, -0.2) is 37.7 Å². The number of imidazole rings is 1. The van der Waals surface area contributed by atoms with Crippen LogP contribution in [0.3, 0.4) is 0 Å². The maximum atomic E-state index is 5.41. The minimum absolute atomic E-state index is 0.776. The first kappa shape index (κ1) is 24.0. The van der Waals surface area contributed by atoms with Gasteiger partial charge in [-0.15, -0.1) is 0 Å². The summed E-state index contributed by atoms with van der Waals surface area (Å²) in [5, 5.41) is 0. The molecule has 0 bridgehead atoms. The van der Waals surface area contributed by atoms with Crippen LogP contribution in [0.25, 0.3) is 28.4 Å². The third-order valence-electron chi connectivity index (χ3n) is 6.85. The first-order chi connectivity index (χ1) is 16.2. The van der Waals surface area contributed by atoms with Crippen LogP contribution in [0, 0.1) is 0 Å². The van der Waals surface area contributed by atoms with Crippen LogP contribution >= 0.6 is 0 Å². The number of nitrogens with zero attached hydrogens (tertiary/aromatic N) is 4. The van der Waals surface area contributed by atoms with Gasteiger partial charge in [-0.05, 0) is 0 Å². The average Bonchev–Trinajstić information content (AvgIpc) is 3.54. The Balaban J connectivity index is 1.66. The number of hydrogen-bond donors (Lipinski definition) is 0.